The van der Waals surface area contributed by atoms with E-state index in [1.165, 1.54) is 0 Å². The molecule has 0 aromatic heterocycles. The lowest BCUT2D eigenvalue weighted by Crippen LogP contribution is -2.32. The van der Waals surface area contributed by atoms with Gasteiger partial charge in [0.2, 0.25) is 11.8 Å². The molecule has 32 heavy (non-hydrogen) atoms. The Bertz CT molecular complexity index is 1240. The highest BCUT2D eigenvalue weighted by Crippen LogP contribution is 2.56. The van der Waals surface area contributed by atoms with Gasteiger partial charge in [0.1, 0.15) is 11.5 Å². The smallest absolute Gasteiger partial charge is 0.224 e. The Kier molecular flexibility index (Phi) is 4.83. The molecular weight excluding hydrogens is 406 g/mol. The highest BCUT2D eigenvalue weighted by Gasteiger charge is 2.49. The molecule has 0 saturated heterocycles. The summed E-state index contributed by atoms with van der Waals surface area (Å²) in [4.78, 5) is 23.2. The fourth-order valence-electron chi connectivity index (χ4n) is 4.50. The number of benzene rings is 3. The van der Waals surface area contributed by atoms with E-state index in [0.29, 0.717) is 35.9 Å². The topological polar surface area (TPSA) is 117 Å². The minimum absolute atomic E-state index is 0.179. The number of carbonyl (C=O) groups excluding carboxylic acids is 2. The van der Waals surface area contributed by atoms with Gasteiger partial charge >= 0.3 is 0 Å². The molecule has 1 atom stereocenters. The number of nitrogen functional groups attached to an aromatic ring is 1. The summed E-state index contributed by atoms with van der Waals surface area (Å²) in [6.07, 6.45) is 0.794. The van der Waals surface area contributed by atoms with Gasteiger partial charge in [0.05, 0.1) is 6.61 Å². The van der Waals surface area contributed by atoms with Gasteiger partial charge in [0, 0.05) is 47.5 Å². The molecule has 2 aliphatic rings. The summed E-state index contributed by atoms with van der Waals surface area (Å²) in [7, 11) is 0. The van der Waals surface area contributed by atoms with Crippen LogP contribution in [0.3, 0.4) is 0 Å². The number of primary amides is 1. The van der Waals surface area contributed by atoms with E-state index in [0.717, 1.165) is 22.3 Å². The second-order valence-corrected chi connectivity index (χ2v) is 8.06. The van der Waals surface area contributed by atoms with Crippen molar-refractivity contribution in [1.29, 1.82) is 0 Å². The van der Waals surface area contributed by atoms with E-state index in [4.69, 9.17) is 20.9 Å². The van der Waals surface area contributed by atoms with Gasteiger partial charge in [-0.3, -0.25) is 9.59 Å². The normalized spacial score (nSPS) is 17.8. The predicted octanol–water partition coefficient (Wildman–Crippen LogP) is 3.79. The van der Waals surface area contributed by atoms with Crippen molar-refractivity contribution in [2.75, 3.05) is 11.1 Å². The fourth-order valence-corrected chi connectivity index (χ4v) is 4.50. The third kappa shape index (κ3) is 3.27. The predicted molar refractivity (Wildman–Crippen MR) is 120 cm³/mol. The molecule has 1 unspecified atom stereocenters. The first kappa shape index (κ1) is 20.1. The third-order valence-electron chi connectivity index (χ3n) is 5.92. The molecule has 7 heteroatoms. The number of nitrogens with two attached hydrogens (primary N) is 2. The van der Waals surface area contributed by atoms with Crippen LogP contribution in [0.2, 0.25) is 0 Å². The molecule has 2 aliphatic heterocycles. The van der Waals surface area contributed by atoms with Gasteiger partial charge < -0.3 is 26.3 Å². The van der Waals surface area contributed by atoms with Gasteiger partial charge in [-0.1, -0.05) is 24.3 Å². The van der Waals surface area contributed by atoms with Crippen LogP contribution >= 0.6 is 0 Å². The van der Waals surface area contributed by atoms with Crippen LogP contribution < -0.4 is 21.5 Å². The standard InChI is InChI=1S/C25H23N3O4/c26-16-8-10-19-21(12-16)32-22-13-17(28-24(30)7-3-6-23(27)29)9-11-20(22)25(19)18-5-2-1-4-15(18)14-31-25/h1-2,4-5,8-13H,3,6-7,14,26H2,(H2,27,29)(H,28,30). The Morgan fingerprint density at radius 2 is 1.69 bits per heavy atom. The Labute approximate surface area is 185 Å². The summed E-state index contributed by atoms with van der Waals surface area (Å²) in [6, 6.07) is 19.3. The van der Waals surface area contributed by atoms with Gasteiger partial charge in [-0.15, -0.1) is 0 Å². The van der Waals surface area contributed by atoms with Gasteiger partial charge in [0.25, 0.3) is 0 Å². The molecule has 162 valence electrons. The SMILES string of the molecule is NC(=O)CCCC(=O)Nc1ccc2c(c1)Oc1cc(N)ccc1C21OCc2ccccc21. The van der Waals surface area contributed by atoms with Crippen molar-refractivity contribution < 1.29 is 19.1 Å². The summed E-state index contributed by atoms with van der Waals surface area (Å²) in [5.74, 6) is 0.609. The van der Waals surface area contributed by atoms with Crippen molar-refractivity contribution >= 4 is 23.2 Å². The summed E-state index contributed by atoms with van der Waals surface area (Å²) in [5, 5.41) is 2.86. The fraction of sp³-hybridized carbons (Fsp3) is 0.200. The second kappa shape index (κ2) is 7.69. The first-order valence-corrected chi connectivity index (χ1v) is 10.5. The number of hydrogen-bond donors (Lipinski definition) is 3. The lowest BCUT2D eigenvalue weighted by atomic mass is 9.77. The molecule has 3 aromatic carbocycles. The van der Waals surface area contributed by atoms with Crippen molar-refractivity contribution in [3.63, 3.8) is 0 Å². The summed E-state index contributed by atoms with van der Waals surface area (Å²) >= 11 is 0. The van der Waals surface area contributed by atoms with Crippen LogP contribution in [-0.2, 0) is 26.5 Å². The van der Waals surface area contributed by atoms with Crippen molar-refractivity contribution in [2.45, 2.75) is 31.5 Å². The van der Waals surface area contributed by atoms with Gasteiger partial charge in [-0.05, 0) is 41.8 Å². The summed E-state index contributed by atoms with van der Waals surface area (Å²) in [5.41, 5.74) is 15.5. The zero-order valence-electron chi connectivity index (χ0n) is 17.4. The van der Waals surface area contributed by atoms with Crippen molar-refractivity contribution in [3.05, 3.63) is 82.9 Å². The number of anilines is 2. The Hall–Kier alpha value is -3.84. The number of ether oxygens (including phenoxy) is 2. The monoisotopic (exact) mass is 429 g/mol. The average molecular weight is 429 g/mol. The Morgan fingerprint density at radius 1 is 0.938 bits per heavy atom. The highest BCUT2D eigenvalue weighted by molar-refractivity contribution is 5.91. The molecule has 0 fully saturated rings. The maximum absolute atomic E-state index is 12.3. The quantitative estimate of drug-likeness (QED) is 0.534. The van der Waals surface area contributed by atoms with Gasteiger partial charge in [0.15, 0.2) is 5.60 Å². The molecule has 1 spiro atoms. The summed E-state index contributed by atoms with van der Waals surface area (Å²) < 4.78 is 12.7. The minimum atomic E-state index is -0.808. The molecule has 0 radical (unpaired) electrons. The van der Waals surface area contributed by atoms with E-state index < -0.39 is 11.5 Å². The first-order valence-electron chi connectivity index (χ1n) is 10.5. The lowest BCUT2D eigenvalue weighted by molar-refractivity contribution is -0.118. The van der Waals surface area contributed by atoms with Crippen LogP contribution in [-0.4, -0.2) is 11.8 Å². The summed E-state index contributed by atoms with van der Waals surface area (Å²) in [6.45, 7) is 0.484. The van der Waals surface area contributed by atoms with Gasteiger partial charge in [-0.2, -0.15) is 0 Å². The molecule has 2 amide bonds. The molecule has 0 bridgehead atoms. The lowest BCUT2D eigenvalue weighted by Gasteiger charge is -2.37. The van der Waals surface area contributed by atoms with Crippen LogP contribution in [0.25, 0.3) is 0 Å². The number of nitrogens with one attached hydrogen (secondary N) is 1. The van der Waals surface area contributed by atoms with E-state index in [1.54, 1.807) is 12.1 Å². The molecule has 7 nitrogen and oxygen atoms in total. The molecule has 0 aliphatic carbocycles. The first-order chi connectivity index (χ1) is 15.5. The van der Waals surface area contributed by atoms with Crippen molar-refractivity contribution in [3.8, 4) is 11.5 Å². The molecule has 5 rings (SSSR count). The van der Waals surface area contributed by atoms with Gasteiger partial charge in [-0.25, -0.2) is 0 Å². The van der Waals surface area contributed by atoms with Crippen LogP contribution in [0.1, 0.15) is 41.5 Å². The zero-order valence-corrected chi connectivity index (χ0v) is 17.4. The maximum Gasteiger partial charge on any atom is 0.224 e. The number of amides is 2. The highest BCUT2D eigenvalue weighted by atomic mass is 16.5. The van der Waals surface area contributed by atoms with Crippen LogP contribution in [0.4, 0.5) is 11.4 Å². The van der Waals surface area contributed by atoms with Crippen LogP contribution in [0.15, 0.2) is 60.7 Å². The zero-order chi connectivity index (χ0) is 22.3. The van der Waals surface area contributed by atoms with E-state index in [2.05, 4.69) is 17.4 Å². The molecule has 0 saturated carbocycles. The number of rotatable bonds is 5. The third-order valence-corrected chi connectivity index (χ3v) is 5.92. The molecular formula is C25H23N3O4. The van der Waals surface area contributed by atoms with E-state index in [9.17, 15) is 9.59 Å². The van der Waals surface area contributed by atoms with Crippen LogP contribution in [0, 0.1) is 0 Å². The molecule has 2 heterocycles. The van der Waals surface area contributed by atoms with E-state index >= 15 is 0 Å². The van der Waals surface area contributed by atoms with Crippen molar-refractivity contribution in [2.24, 2.45) is 5.73 Å². The van der Waals surface area contributed by atoms with E-state index in [-0.39, 0.29) is 18.7 Å². The number of hydrogen-bond acceptors (Lipinski definition) is 5. The Balaban J connectivity index is 1.54. The largest absolute Gasteiger partial charge is 0.456 e. The number of carbonyl (C=O) groups is 2. The Morgan fingerprint density at radius 3 is 2.50 bits per heavy atom. The molecule has 5 N–H and O–H groups in total. The maximum atomic E-state index is 12.3. The minimum Gasteiger partial charge on any atom is -0.456 e. The average Bonchev–Trinajstić information content (AvgIpc) is 3.13. The van der Waals surface area contributed by atoms with Crippen LogP contribution in [0.5, 0.6) is 11.5 Å². The second-order valence-electron chi connectivity index (χ2n) is 8.06. The molecule has 3 aromatic rings. The number of fused-ring (bicyclic) bond motifs is 6. The van der Waals surface area contributed by atoms with Crippen molar-refractivity contribution in [1.82, 2.24) is 0 Å². The van der Waals surface area contributed by atoms with E-state index in [1.807, 2.05) is 36.4 Å².